The molecule has 2 aromatic rings. The first kappa shape index (κ1) is 9.93. The Balaban J connectivity index is 2.59. The lowest BCUT2D eigenvalue weighted by molar-refractivity contribution is 0.628. The third kappa shape index (κ3) is 2.07. The summed E-state index contributed by atoms with van der Waals surface area (Å²) in [4.78, 5) is 14.0. The van der Waals surface area contributed by atoms with Gasteiger partial charge in [0.1, 0.15) is 5.82 Å². The number of nitrogens with one attached hydrogen (secondary N) is 1. The van der Waals surface area contributed by atoms with Gasteiger partial charge in [0.2, 0.25) is 0 Å². The molecule has 0 unspecified atom stereocenters. The van der Waals surface area contributed by atoms with Crippen LogP contribution >= 0.6 is 11.6 Å². The highest BCUT2D eigenvalue weighted by atomic mass is 35.5. The summed E-state index contributed by atoms with van der Waals surface area (Å²) in [7, 11) is 0. The van der Waals surface area contributed by atoms with Crippen LogP contribution in [0.3, 0.4) is 0 Å². The van der Waals surface area contributed by atoms with Gasteiger partial charge in [-0.25, -0.2) is 4.39 Å². The van der Waals surface area contributed by atoms with E-state index in [4.69, 9.17) is 11.6 Å². The Morgan fingerprint density at radius 2 is 2.00 bits per heavy atom. The summed E-state index contributed by atoms with van der Waals surface area (Å²) in [5, 5.41) is 0.275. The van der Waals surface area contributed by atoms with E-state index in [2.05, 4.69) is 4.98 Å². The predicted molar refractivity (Wildman–Crippen MR) is 57.5 cm³/mol. The first-order valence-corrected chi connectivity index (χ1v) is 4.69. The largest absolute Gasteiger partial charge is 0.361 e. The minimum absolute atomic E-state index is 0.121. The highest BCUT2D eigenvalue weighted by Gasteiger charge is 2.04. The number of H-pyrrole nitrogens is 1. The van der Waals surface area contributed by atoms with E-state index in [-0.39, 0.29) is 10.5 Å². The number of hydrogen-bond donors (Lipinski definition) is 1. The van der Waals surface area contributed by atoms with Crippen LogP contribution < -0.4 is 5.43 Å². The van der Waals surface area contributed by atoms with E-state index in [1.54, 1.807) is 0 Å². The normalized spacial score (nSPS) is 10.3. The van der Waals surface area contributed by atoms with Crippen molar-refractivity contribution in [3.8, 4) is 11.3 Å². The third-order valence-electron chi connectivity index (χ3n) is 1.99. The van der Waals surface area contributed by atoms with Crippen molar-refractivity contribution in [2.75, 3.05) is 0 Å². The zero-order valence-corrected chi connectivity index (χ0v) is 8.38. The van der Waals surface area contributed by atoms with Crippen LogP contribution in [0.4, 0.5) is 4.39 Å². The summed E-state index contributed by atoms with van der Waals surface area (Å²) < 4.78 is 12.8. The molecule has 0 fully saturated rings. The Labute approximate surface area is 90.3 Å². The van der Waals surface area contributed by atoms with Crippen molar-refractivity contribution in [3.05, 3.63) is 57.6 Å². The number of aromatic nitrogens is 1. The summed E-state index contributed by atoms with van der Waals surface area (Å²) >= 11 is 5.85. The number of hydrogen-bond acceptors (Lipinski definition) is 1. The van der Waals surface area contributed by atoms with Gasteiger partial charge in [0, 0.05) is 23.9 Å². The topological polar surface area (TPSA) is 32.9 Å². The van der Waals surface area contributed by atoms with E-state index >= 15 is 0 Å². The summed E-state index contributed by atoms with van der Waals surface area (Å²) in [6.45, 7) is 0. The number of rotatable bonds is 1. The monoisotopic (exact) mass is 223 g/mol. The molecule has 0 radical (unpaired) electrons. The molecule has 0 spiro atoms. The average molecular weight is 224 g/mol. The Kier molecular flexibility index (Phi) is 2.56. The third-order valence-corrected chi connectivity index (χ3v) is 2.31. The second-order valence-electron chi connectivity index (χ2n) is 3.06. The summed E-state index contributed by atoms with van der Waals surface area (Å²) in [5.74, 6) is -0.401. The molecule has 1 N–H and O–H groups in total. The predicted octanol–water partition coefficient (Wildman–Crippen LogP) is 2.83. The molecule has 2 nitrogen and oxygen atoms in total. The Hall–Kier alpha value is -1.61. The highest BCUT2D eigenvalue weighted by Crippen LogP contribution is 2.25. The standard InChI is InChI=1S/C11H7ClFNO/c12-10-5-7(13)1-2-9(10)11-6-8(15)3-4-14-11/h1-6H,(H,14,15). The molecule has 76 valence electrons. The van der Waals surface area contributed by atoms with Gasteiger partial charge in [0.25, 0.3) is 0 Å². The fourth-order valence-corrected chi connectivity index (χ4v) is 1.58. The molecule has 0 saturated carbocycles. The molecular weight excluding hydrogens is 217 g/mol. The van der Waals surface area contributed by atoms with Crippen LogP contribution in [0.5, 0.6) is 0 Å². The first-order chi connectivity index (χ1) is 7.16. The van der Waals surface area contributed by atoms with Crippen molar-refractivity contribution in [2.24, 2.45) is 0 Å². The van der Waals surface area contributed by atoms with Crippen molar-refractivity contribution in [1.29, 1.82) is 0 Å². The minimum atomic E-state index is -0.401. The Morgan fingerprint density at radius 1 is 1.20 bits per heavy atom. The smallest absolute Gasteiger partial charge is 0.182 e. The number of aromatic amines is 1. The van der Waals surface area contributed by atoms with Gasteiger partial charge in [0.15, 0.2) is 5.43 Å². The molecule has 1 aromatic heterocycles. The van der Waals surface area contributed by atoms with Gasteiger partial charge < -0.3 is 4.98 Å². The van der Waals surface area contributed by atoms with Crippen molar-refractivity contribution in [1.82, 2.24) is 4.98 Å². The lowest BCUT2D eigenvalue weighted by Gasteiger charge is -2.03. The van der Waals surface area contributed by atoms with Gasteiger partial charge in [-0.3, -0.25) is 4.79 Å². The van der Waals surface area contributed by atoms with Gasteiger partial charge in [-0.15, -0.1) is 0 Å². The van der Waals surface area contributed by atoms with E-state index in [9.17, 15) is 9.18 Å². The maximum Gasteiger partial charge on any atom is 0.182 e. The van der Waals surface area contributed by atoms with Crippen LogP contribution in [-0.4, -0.2) is 4.98 Å². The zero-order valence-electron chi connectivity index (χ0n) is 7.63. The van der Waals surface area contributed by atoms with Crippen molar-refractivity contribution in [3.63, 3.8) is 0 Å². The molecule has 4 heteroatoms. The van der Waals surface area contributed by atoms with Crippen LogP contribution in [0.25, 0.3) is 11.3 Å². The molecule has 0 aliphatic heterocycles. The molecule has 0 bridgehead atoms. The first-order valence-electron chi connectivity index (χ1n) is 4.31. The maximum absolute atomic E-state index is 12.8. The second kappa shape index (κ2) is 3.87. The van der Waals surface area contributed by atoms with Crippen LogP contribution in [-0.2, 0) is 0 Å². The SMILES string of the molecule is O=c1cc[nH]c(-c2ccc(F)cc2Cl)c1. The molecule has 15 heavy (non-hydrogen) atoms. The Bertz CT molecular complexity index is 550. The van der Waals surface area contributed by atoms with Gasteiger partial charge in [0.05, 0.1) is 10.7 Å². The summed E-state index contributed by atoms with van der Waals surface area (Å²) in [6, 6.07) is 6.86. The lowest BCUT2D eigenvalue weighted by Crippen LogP contribution is -1.98. The molecule has 0 saturated heterocycles. The van der Waals surface area contributed by atoms with Crippen molar-refractivity contribution < 1.29 is 4.39 Å². The van der Waals surface area contributed by atoms with Gasteiger partial charge in [-0.05, 0) is 18.2 Å². The summed E-state index contributed by atoms with van der Waals surface area (Å²) in [6.07, 6.45) is 1.53. The number of halogens is 2. The molecule has 0 aliphatic rings. The molecular formula is C11H7ClFNO. The molecule has 0 aliphatic carbocycles. The second-order valence-corrected chi connectivity index (χ2v) is 3.47. The molecule has 1 heterocycles. The molecule has 0 amide bonds. The Morgan fingerprint density at radius 3 is 2.67 bits per heavy atom. The number of pyridine rings is 1. The zero-order chi connectivity index (χ0) is 10.8. The van der Waals surface area contributed by atoms with Crippen LogP contribution in [0, 0.1) is 5.82 Å². The highest BCUT2D eigenvalue weighted by molar-refractivity contribution is 6.33. The fraction of sp³-hybridized carbons (Fsp3) is 0. The van der Waals surface area contributed by atoms with Crippen molar-refractivity contribution in [2.45, 2.75) is 0 Å². The quantitative estimate of drug-likeness (QED) is 0.792. The van der Waals surface area contributed by atoms with Crippen LogP contribution in [0.15, 0.2) is 41.3 Å². The molecule has 0 atom stereocenters. The fourth-order valence-electron chi connectivity index (χ4n) is 1.31. The maximum atomic E-state index is 12.8. The molecule has 1 aromatic carbocycles. The van der Waals surface area contributed by atoms with E-state index < -0.39 is 5.82 Å². The van der Waals surface area contributed by atoms with Gasteiger partial charge in [-0.1, -0.05) is 11.6 Å². The van der Waals surface area contributed by atoms with Crippen molar-refractivity contribution >= 4 is 11.6 Å². The van der Waals surface area contributed by atoms with E-state index in [0.29, 0.717) is 11.3 Å². The van der Waals surface area contributed by atoms with Gasteiger partial charge >= 0.3 is 0 Å². The van der Waals surface area contributed by atoms with Crippen LogP contribution in [0.2, 0.25) is 5.02 Å². The van der Waals surface area contributed by atoms with E-state index in [1.807, 2.05) is 0 Å². The van der Waals surface area contributed by atoms with Gasteiger partial charge in [-0.2, -0.15) is 0 Å². The minimum Gasteiger partial charge on any atom is -0.361 e. The van der Waals surface area contributed by atoms with Crippen LogP contribution in [0.1, 0.15) is 0 Å². The van der Waals surface area contributed by atoms with E-state index in [0.717, 1.165) is 0 Å². The number of benzene rings is 1. The lowest BCUT2D eigenvalue weighted by atomic mass is 10.1. The average Bonchev–Trinajstić information content (AvgIpc) is 2.17. The van der Waals surface area contributed by atoms with E-state index in [1.165, 1.54) is 36.5 Å². The molecule has 2 rings (SSSR count). The summed E-state index contributed by atoms with van der Waals surface area (Å²) in [5.41, 5.74) is 1.06.